The van der Waals surface area contributed by atoms with E-state index in [1.165, 1.54) is 18.2 Å². The van der Waals surface area contributed by atoms with Crippen LogP contribution in [-0.2, 0) is 0 Å². The van der Waals surface area contributed by atoms with Crippen LogP contribution in [0, 0.1) is 0 Å². The van der Waals surface area contributed by atoms with E-state index >= 15 is 0 Å². The molecule has 0 aliphatic heterocycles. The van der Waals surface area contributed by atoms with Crippen LogP contribution in [0.5, 0.6) is 0 Å². The van der Waals surface area contributed by atoms with E-state index in [1.807, 2.05) is 0 Å². The lowest BCUT2D eigenvalue weighted by atomic mass is 10.1. The van der Waals surface area contributed by atoms with Crippen LogP contribution >= 0.6 is 11.6 Å². The number of aliphatic hydroxyl groups is 1. The lowest BCUT2D eigenvalue weighted by Gasteiger charge is -2.24. The van der Waals surface area contributed by atoms with Gasteiger partial charge in [0, 0.05) is 11.6 Å². The van der Waals surface area contributed by atoms with Gasteiger partial charge in [0.2, 0.25) is 0 Å². The summed E-state index contributed by atoms with van der Waals surface area (Å²) in [5, 5.41) is 8.97. The number of benzene rings is 1. The lowest BCUT2D eigenvalue weighted by Crippen LogP contribution is -2.41. The van der Waals surface area contributed by atoms with Crippen LogP contribution in [0.1, 0.15) is 10.4 Å². The minimum atomic E-state index is -4.57. The monoisotopic (exact) mass is 311 g/mol. The zero-order chi connectivity index (χ0) is 15.3. The van der Waals surface area contributed by atoms with Gasteiger partial charge < -0.3 is 15.4 Å². The zero-order valence-corrected chi connectivity index (χ0v) is 11.0. The molecule has 0 spiro atoms. The summed E-state index contributed by atoms with van der Waals surface area (Å²) in [6, 6.07) is 4.02. The van der Waals surface area contributed by atoms with Crippen LogP contribution in [0.4, 0.5) is 18.9 Å². The first-order chi connectivity index (χ1) is 9.28. The van der Waals surface area contributed by atoms with E-state index in [9.17, 15) is 18.0 Å². The number of amides is 1. The van der Waals surface area contributed by atoms with Crippen molar-refractivity contribution in [1.82, 2.24) is 4.90 Å². The molecule has 0 aromatic heterocycles. The SMILES string of the molecule is NNc1ccc(Cl)cc1C(=O)N(CCO)CC(F)(F)F. The van der Waals surface area contributed by atoms with Gasteiger partial charge in [-0.15, -0.1) is 0 Å². The number of rotatable bonds is 5. The molecule has 0 unspecified atom stereocenters. The number of carbonyl (C=O) groups is 1. The van der Waals surface area contributed by atoms with E-state index in [4.69, 9.17) is 22.6 Å². The van der Waals surface area contributed by atoms with Crippen molar-refractivity contribution in [3.05, 3.63) is 28.8 Å². The Morgan fingerprint density at radius 3 is 2.60 bits per heavy atom. The number of hydrogen-bond acceptors (Lipinski definition) is 4. The fourth-order valence-electron chi connectivity index (χ4n) is 1.58. The van der Waals surface area contributed by atoms with Crippen molar-refractivity contribution in [3.8, 4) is 0 Å². The van der Waals surface area contributed by atoms with E-state index in [-0.39, 0.29) is 16.3 Å². The van der Waals surface area contributed by atoms with E-state index in [1.54, 1.807) is 0 Å². The van der Waals surface area contributed by atoms with Crippen molar-refractivity contribution < 1.29 is 23.1 Å². The van der Waals surface area contributed by atoms with Gasteiger partial charge >= 0.3 is 6.18 Å². The largest absolute Gasteiger partial charge is 0.406 e. The van der Waals surface area contributed by atoms with Crippen molar-refractivity contribution in [3.63, 3.8) is 0 Å². The Morgan fingerprint density at radius 2 is 2.10 bits per heavy atom. The Hall–Kier alpha value is -1.51. The first-order valence-electron chi connectivity index (χ1n) is 5.51. The second-order valence-electron chi connectivity index (χ2n) is 3.90. The Kier molecular flexibility index (Phi) is 5.61. The van der Waals surface area contributed by atoms with E-state index in [2.05, 4.69) is 5.43 Å². The van der Waals surface area contributed by atoms with E-state index in [0.29, 0.717) is 4.90 Å². The standard InChI is InChI=1S/C11H13ClF3N3O2/c12-7-1-2-9(17-16)8(5-7)10(20)18(3-4-19)6-11(13,14)15/h1-2,5,17,19H,3-4,6,16H2. The molecule has 1 aromatic rings. The number of nitrogens with one attached hydrogen (secondary N) is 1. The van der Waals surface area contributed by atoms with Gasteiger partial charge in [0.25, 0.3) is 5.91 Å². The molecular weight excluding hydrogens is 299 g/mol. The number of nitrogen functional groups attached to an aromatic ring is 1. The van der Waals surface area contributed by atoms with Gasteiger partial charge in [-0.3, -0.25) is 10.6 Å². The smallest absolute Gasteiger partial charge is 0.395 e. The quantitative estimate of drug-likeness (QED) is 0.570. The molecule has 0 saturated carbocycles. The number of aliphatic hydroxyl groups excluding tert-OH is 1. The van der Waals surface area contributed by atoms with Crippen LogP contribution in [0.25, 0.3) is 0 Å². The van der Waals surface area contributed by atoms with Crippen LogP contribution < -0.4 is 11.3 Å². The number of carbonyl (C=O) groups excluding carboxylic acids is 1. The predicted molar refractivity (Wildman–Crippen MR) is 68.3 cm³/mol. The zero-order valence-electron chi connectivity index (χ0n) is 10.2. The van der Waals surface area contributed by atoms with Gasteiger partial charge in [0.1, 0.15) is 6.54 Å². The van der Waals surface area contributed by atoms with Crippen LogP contribution in [-0.4, -0.2) is 41.8 Å². The third-order valence-electron chi connectivity index (χ3n) is 2.39. The predicted octanol–water partition coefficient (Wildman–Crippen LogP) is 1.62. The summed E-state index contributed by atoms with van der Waals surface area (Å²) in [6.07, 6.45) is -4.57. The molecule has 0 aliphatic rings. The summed E-state index contributed by atoms with van der Waals surface area (Å²) >= 11 is 5.72. The fraction of sp³-hybridized carbons (Fsp3) is 0.364. The maximum atomic E-state index is 12.4. The highest BCUT2D eigenvalue weighted by molar-refractivity contribution is 6.31. The summed E-state index contributed by atoms with van der Waals surface area (Å²) < 4.78 is 37.3. The Balaban J connectivity index is 3.08. The highest BCUT2D eigenvalue weighted by Gasteiger charge is 2.33. The molecule has 1 rings (SSSR count). The molecule has 0 heterocycles. The number of halogens is 4. The molecule has 112 valence electrons. The summed E-state index contributed by atoms with van der Waals surface area (Å²) in [6.45, 7) is -2.51. The summed E-state index contributed by atoms with van der Waals surface area (Å²) in [5.74, 6) is 4.28. The van der Waals surface area contributed by atoms with E-state index in [0.717, 1.165) is 0 Å². The molecule has 9 heteroatoms. The van der Waals surface area contributed by atoms with Gasteiger partial charge in [-0.2, -0.15) is 13.2 Å². The van der Waals surface area contributed by atoms with Gasteiger partial charge in [-0.05, 0) is 18.2 Å². The Bertz CT molecular complexity index is 482. The van der Waals surface area contributed by atoms with Gasteiger partial charge in [0.15, 0.2) is 0 Å². The number of alkyl halides is 3. The van der Waals surface area contributed by atoms with Crippen molar-refractivity contribution in [2.45, 2.75) is 6.18 Å². The average Bonchev–Trinajstić information content (AvgIpc) is 2.36. The summed E-state index contributed by atoms with van der Waals surface area (Å²) in [4.78, 5) is 12.6. The van der Waals surface area contributed by atoms with Crippen LogP contribution in [0.2, 0.25) is 5.02 Å². The molecule has 0 saturated heterocycles. The van der Waals surface area contributed by atoms with Gasteiger partial charge in [0.05, 0.1) is 17.9 Å². The molecule has 0 atom stereocenters. The molecule has 20 heavy (non-hydrogen) atoms. The van der Waals surface area contributed by atoms with E-state index < -0.39 is 31.8 Å². The number of anilines is 1. The molecule has 0 radical (unpaired) electrons. The third-order valence-corrected chi connectivity index (χ3v) is 2.63. The first kappa shape index (κ1) is 16.5. The maximum Gasteiger partial charge on any atom is 0.406 e. The van der Waals surface area contributed by atoms with Gasteiger partial charge in [-0.25, -0.2) is 0 Å². The lowest BCUT2D eigenvalue weighted by molar-refractivity contribution is -0.141. The number of nitrogens with zero attached hydrogens (tertiary/aromatic N) is 1. The molecule has 0 bridgehead atoms. The van der Waals surface area contributed by atoms with Gasteiger partial charge in [-0.1, -0.05) is 11.6 Å². The molecular formula is C11H13ClF3N3O2. The molecule has 1 amide bonds. The number of nitrogens with two attached hydrogens (primary N) is 1. The molecule has 1 aromatic carbocycles. The van der Waals surface area contributed by atoms with Crippen molar-refractivity contribution in [2.75, 3.05) is 25.1 Å². The second-order valence-corrected chi connectivity index (χ2v) is 4.34. The van der Waals surface area contributed by atoms with Crippen molar-refractivity contribution >= 4 is 23.2 Å². The minimum absolute atomic E-state index is 0.0994. The Labute approximate surface area is 118 Å². The fourth-order valence-corrected chi connectivity index (χ4v) is 1.75. The average molecular weight is 312 g/mol. The Morgan fingerprint density at radius 1 is 1.45 bits per heavy atom. The van der Waals surface area contributed by atoms with Crippen LogP contribution in [0.3, 0.4) is 0 Å². The molecule has 0 fully saturated rings. The second kappa shape index (κ2) is 6.78. The summed E-state index contributed by atoms with van der Waals surface area (Å²) in [7, 11) is 0. The van der Waals surface area contributed by atoms with Crippen LogP contribution in [0.15, 0.2) is 18.2 Å². The molecule has 4 N–H and O–H groups in total. The third kappa shape index (κ3) is 4.55. The van der Waals surface area contributed by atoms with Crippen molar-refractivity contribution in [2.24, 2.45) is 5.84 Å². The minimum Gasteiger partial charge on any atom is -0.395 e. The highest BCUT2D eigenvalue weighted by atomic mass is 35.5. The normalized spacial score (nSPS) is 11.3. The summed E-state index contributed by atoms with van der Waals surface area (Å²) in [5.41, 5.74) is 2.26. The van der Waals surface area contributed by atoms with Crippen molar-refractivity contribution in [1.29, 1.82) is 0 Å². The maximum absolute atomic E-state index is 12.4. The molecule has 5 nitrogen and oxygen atoms in total. The molecule has 0 aliphatic carbocycles. The number of hydrazine groups is 1. The first-order valence-corrected chi connectivity index (χ1v) is 5.89. The number of hydrogen-bond donors (Lipinski definition) is 3. The highest BCUT2D eigenvalue weighted by Crippen LogP contribution is 2.23. The topological polar surface area (TPSA) is 78.6 Å².